The third kappa shape index (κ3) is 11.0. The lowest BCUT2D eigenvalue weighted by Gasteiger charge is -2.23. The number of hydrogen-bond donors (Lipinski definition) is 2. The fourth-order valence-electron chi connectivity index (χ4n) is 3.90. The molecule has 0 aromatic heterocycles. The van der Waals surface area contributed by atoms with Crippen molar-refractivity contribution in [1.29, 1.82) is 0 Å². The molecule has 3 rings (SSSR count). The first kappa shape index (κ1) is 30.1. The smallest absolute Gasteiger partial charge is 0.333 e. The minimum absolute atomic E-state index is 0.151. The van der Waals surface area contributed by atoms with Gasteiger partial charge in [0, 0.05) is 31.0 Å². The Morgan fingerprint density at radius 2 is 1.67 bits per heavy atom. The van der Waals surface area contributed by atoms with Gasteiger partial charge < -0.3 is 24.8 Å². The Bertz CT molecular complexity index is 1140. The van der Waals surface area contributed by atoms with Crippen LogP contribution in [0.15, 0.2) is 78.9 Å². The van der Waals surface area contributed by atoms with E-state index in [1.165, 1.54) is 5.56 Å². The number of nitrogens with one attached hydrogen (secondary N) is 1. The van der Waals surface area contributed by atoms with Crippen molar-refractivity contribution in [3.8, 4) is 5.75 Å². The Morgan fingerprint density at radius 1 is 0.949 bits per heavy atom. The zero-order valence-electron chi connectivity index (χ0n) is 22.7. The molecule has 0 radical (unpaired) electrons. The van der Waals surface area contributed by atoms with Crippen LogP contribution in [0.25, 0.3) is 0 Å². The number of ether oxygens (including phenoxy) is 2. The van der Waals surface area contributed by atoms with Crippen molar-refractivity contribution in [2.75, 3.05) is 37.4 Å². The van der Waals surface area contributed by atoms with Crippen molar-refractivity contribution in [2.24, 2.45) is 0 Å². The summed E-state index contributed by atoms with van der Waals surface area (Å²) in [6.07, 6.45) is 0.296. The van der Waals surface area contributed by atoms with E-state index >= 15 is 0 Å². The Kier molecular flexibility index (Phi) is 12.7. The number of hydrogen-bond acceptors (Lipinski definition) is 5. The van der Waals surface area contributed by atoms with Crippen molar-refractivity contribution in [1.82, 2.24) is 4.90 Å². The van der Waals surface area contributed by atoms with Crippen LogP contribution in [-0.4, -0.2) is 60.2 Å². The minimum Gasteiger partial charge on any atom is -0.492 e. The fraction of sp³-hybridized carbons (Fsp3) is 0.355. The van der Waals surface area contributed by atoms with E-state index in [2.05, 4.69) is 17.4 Å². The fourth-order valence-corrected chi connectivity index (χ4v) is 4.81. The molecule has 0 aliphatic carbocycles. The van der Waals surface area contributed by atoms with E-state index in [0.29, 0.717) is 38.5 Å². The van der Waals surface area contributed by atoms with Gasteiger partial charge in [-0.1, -0.05) is 60.2 Å². The van der Waals surface area contributed by atoms with Crippen LogP contribution in [0.2, 0.25) is 0 Å². The van der Waals surface area contributed by atoms with Crippen molar-refractivity contribution in [3.63, 3.8) is 0 Å². The van der Waals surface area contributed by atoms with E-state index in [1.54, 1.807) is 11.8 Å². The number of anilines is 1. The van der Waals surface area contributed by atoms with Gasteiger partial charge in [-0.3, -0.25) is 0 Å². The van der Waals surface area contributed by atoms with Gasteiger partial charge in [-0.2, -0.15) is 11.8 Å². The zero-order chi connectivity index (χ0) is 27.9. The monoisotopic (exact) mass is 550 g/mol. The summed E-state index contributed by atoms with van der Waals surface area (Å²) in [5.74, 6) is 1.59. The lowest BCUT2D eigenvalue weighted by molar-refractivity contribution is -0.149. The van der Waals surface area contributed by atoms with Gasteiger partial charge in [-0.25, -0.2) is 9.59 Å². The van der Waals surface area contributed by atoms with Crippen LogP contribution in [0.5, 0.6) is 5.75 Å². The number of carboxylic acid groups (broad SMARTS) is 1. The molecule has 1 atom stereocenters. The second kappa shape index (κ2) is 16.5. The predicted octanol–water partition coefficient (Wildman–Crippen LogP) is 6.26. The summed E-state index contributed by atoms with van der Waals surface area (Å²) in [7, 11) is 0. The number of nitrogens with zero attached hydrogens (tertiary/aromatic N) is 1. The van der Waals surface area contributed by atoms with Gasteiger partial charge in [-0.05, 0) is 61.4 Å². The average Bonchev–Trinajstić information content (AvgIpc) is 2.94. The van der Waals surface area contributed by atoms with Gasteiger partial charge in [0.05, 0.1) is 6.54 Å². The molecular weight excluding hydrogens is 512 g/mol. The standard InChI is InChI=1S/C31H38N2O5S/c1-3-37-29(30(34)35)22-25-12-16-28(17-13-25)38-20-19-33(31(36)32-27-14-10-24(2)11-15-27)18-7-21-39-23-26-8-5-4-6-9-26/h4-6,8-17,29H,3,7,18-23H2,1-2H3,(H,32,36)(H,34,35). The summed E-state index contributed by atoms with van der Waals surface area (Å²) < 4.78 is 11.2. The first-order chi connectivity index (χ1) is 18.9. The van der Waals surface area contributed by atoms with E-state index in [9.17, 15) is 14.7 Å². The first-order valence-electron chi connectivity index (χ1n) is 13.2. The molecule has 0 bridgehead atoms. The average molecular weight is 551 g/mol. The molecule has 0 saturated carbocycles. The highest BCUT2D eigenvalue weighted by molar-refractivity contribution is 7.98. The minimum atomic E-state index is -0.973. The van der Waals surface area contributed by atoms with E-state index in [1.807, 2.05) is 85.4 Å². The van der Waals surface area contributed by atoms with Gasteiger partial charge in [0.25, 0.3) is 0 Å². The lowest BCUT2D eigenvalue weighted by atomic mass is 10.1. The molecule has 2 N–H and O–H groups in total. The van der Waals surface area contributed by atoms with Gasteiger partial charge >= 0.3 is 12.0 Å². The highest BCUT2D eigenvalue weighted by atomic mass is 32.2. The van der Waals surface area contributed by atoms with E-state index in [4.69, 9.17) is 9.47 Å². The second-order valence-corrected chi connectivity index (χ2v) is 10.3. The predicted molar refractivity (Wildman–Crippen MR) is 158 cm³/mol. The summed E-state index contributed by atoms with van der Waals surface area (Å²) in [6.45, 7) is 5.54. The quantitative estimate of drug-likeness (QED) is 0.205. The number of carbonyl (C=O) groups is 2. The van der Waals surface area contributed by atoms with Crippen LogP contribution < -0.4 is 10.1 Å². The highest BCUT2D eigenvalue weighted by Gasteiger charge is 2.18. The molecule has 0 heterocycles. The van der Waals surface area contributed by atoms with Gasteiger partial charge in [0.15, 0.2) is 6.10 Å². The summed E-state index contributed by atoms with van der Waals surface area (Å²) in [5, 5.41) is 12.3. The number of thioether (sulfide) groups is 1. The molecule has 0 aliphatic rings. The van der Waals surface area contributed by atoms with Crippen LogP contribution in [-0.2, 0) is 21.7 Å². The summed E-state index contributed by atoms with van der Waals surface area (Å²) in [4.78, 5) is 26.2. The van der Waals surface area contributed by atoms with Crippen LogP contribution in [0.1, 0.15) is 30.0 Å². The largest absolute Gasteiger partial charge is 0.492 e. The molecule has 0 fully saturated rings. The normalized spacial score (nSPS) is 11.5. The Hall–Kier alpha value is -3.49. The van der Waals surface area contributed by atoms with Crippen molar-refractivity contribution in [2.45, 2.75) is 38.5 Å². The maximum absolute atomic E-state index is 13.1. The number of aliphatic carboxylic acids is 1. The molecule has 1 unspecified atom stereocenters. The third-order valence-corrected chi connectivity index (χ3v) is 7.15. The molecule has 39 heavy (non-hydrogen) atoms. The second-order valence-electron chi connectivity index (χ2n) is 9.15. The third-order valence-electron chi connectivity index (χ3n) is 6.04. The number of rotatable bonds is 16. The Morgan fingerprint density at radius 3 is 2.33 bits per heavy atom. The number of amides is 2. The molecule has 2 amide bonds. The summed E-state index contributed by atoms with van der Waals surface area (Å²) >= 11 is 1.86. The highest BCUT2D eigenvalue weighted by Crippen LogP contribution is 2.16. The number of carboxylic acids is 1. The summed E-state index contributed by atoms with van der Waals surface area (Å²) in [5.41, 5.74) is 4.05. The van der Waals surface area contributed by atoms with Gasteiger partial charge in [0.1, 0.15) is 12.4 Å². The van der Waals surface area contributed by atoms with E-state index < -0.39 is 12.1 Å². The molecular formula is C31H38N2O5S. The molecule has 0 saturated heterocycles. The van der Waals surface area contributed by atoms with Crippen LogP contribution in [0.3, 0.4) is 0 Å². The number of urea groups is 1. The van der Waals surface area contributed by atoms with E-state index in [-0.39, 0.29) is 6.03 Å². The van der Waals surface area contributed by atoms with Crippen molar-refractivity contribution >= 4 is 29.4 Å². The maximum Gasteiger partial charge on any atom is 0.333 e. The van der Waals surface area contributed by atoms with E-state index in [0.717, 1.165) is 34.7 Å². The molecule has 8 heteroatoms. The Labute approximate surface area is 235 Å². The van der Waals surface area contributed by atoms with Crippen LogP contribution in [0.4, 0.5) is 10.5 Å². The van der Waals surface area contributed by atoms with Crippen LogP contribution in [0, 0.1) is 6.92 Å². The zero-order valence-corrected chi connectivity index (χ0v) is 23.5. The molecule has 0 aliphatic heterocycles. The first-order valence-corrected chi connectivity index (χ1v) is 14.4. The number of benzene rings is 3. The van der Waals surface area contributed by atoms with Crippen molar-refractivity contribution < 1.29 is 24.2 Å². The van der Waals surface area contributed by atoms with Gasteiger partial charge in [-0.15, -0.1) is 0 Å². The SMILES string of the molecule is CCOC(Cc1ccc(OCCN(CCCSCc2ccccc2)C(=O)Nc2ccc(C)cc2)cc1)C(=O)O. The maximum atomic E-state index is 13.1. The van der Waals surface area contributed by atoms with Crippen molar-refractivity contribution in [3.05, 3.63) is 95.6 Å². The number of aryl methyl sites for hydroxylation is 1. The lowest BCUT2D eigenvalue weighted by Crippen LogP contribution is -2.38. The Balaban J connectivity index is 1.50. The van der Waals surface area contributed by atoms with Crippen LogP contribution >= 0.6 is 11.8 Å². The summed E-state index contributed by atoms with van der Waals surface area (Å²) in [6, 6.07) is 25.3. The van der Waals surface area contributed by atoms with Gasteiger partial charge in [0.2, 0.25) is 0 Å². The number of carbonyl (C=O) groups excluding carboxylic acids is 1. The molecule has 0 spiro atoms. The molecule has 3 aromatic carbocycles. The molecule has 3 aromatic rings. The topological polar surface area (TPSA) is 88.1 Å². The molecule has 208 valence electrons. The molecule has 7 nitrogen and oxygen atoms in total.